The minimum Gasteiger partial charge on any atom is -0.493 e. The Hall–Kier alpha value is -5.39. The van der Waals surface area contributed by atoms with Crippen LogP contribution in [-0.2, 0) is 25.6 Å². The fraction of sp³-hybridized carbons (Fsp3) is 0.439. The third-order valence-electron chi connectivity index (χ3n) is 8.73. The number of carbonyl (C=O) groups is 5. The molecule has 0 fully saturated rings. The summed E-state index contributed by atoms with van der Waals surface area (Å²) in [5.41, 5.74) is 1.16. The number of para-hydroxylation sites is 2. The van der Waals surface area contributed by atoms with E-state index in [4.69, 9.17) is 9.47 Å². The third kappa shape index (κ3) is 14.3. The Labute approximate surface area is 312 Å². The minimum atomic E-state index is -1.08. The number of rotatable bonds is 9. The molecule has 1 aliphatic heterocycles. The molecule has 3 aromatic carbocycles. The van der Waals surface area contributed by atoms with E-state index < -0.39 is 41.8 Å². The predicted molar refractivity (Wildman–Crippen MR) is 202 cm³/mol. The standard InChI is InChI=1S/C41H53N5O7/c1-29(2)27-34-41(51)46-35(28-30-15-7-5-8-16-30)40(50)42-23-13-3-4-14-25-53-36-20-12-11-19-32(36)38(48)45-33(21-22-37(47)44-34)39(49)43-24-26-52-31-17-9-6-10-18-31/h5-12,15-20,29,33-35H,3-4,13-14,21-28H2,1-2H3,(H,42,50)(H,43,49)(H,44,47)(H,45,48)(H,46,51)/t33-,34-,35-/m0/s1. The molecular weight excluding hydrogens is 674 g/mol. The van der Waals surface area contributed by atoms with Gasteiger partial charge >= 0.3 is 0 Å². The highest BCUT2D eigenvalue weighted by Gasteiger charge is 2.29. The van der Waals surface area contributed by atoms with Crippen LogP contribution >= 0.6 is 0 Å². The van der Waals surface area contributed by atoms with Crippen LogP contribution in [0.3, 0.4) is 0 Å². The lowest BCUT2D eigenvalue weighted by Gasteiger charge is -2.25. The summed E-state index contributed by atoms with van der Waals surface area (Å²) < 4.78 is 11.7. The SMILES string of the molecule is CC(C)C[C@@H]1NC(=O)CC[C@@H](C(=O)NCCOc2ccccc2)NC(=O)c2ccccc2OCCCCCCNC(=O)[C@H](Cc2ccccc2)NC1=O. The topological polar surface area (TPSA) is 164 Å². The van der Waals surface area contributed by atoms with Crippen LogP contribution in [0.1, 0.15) is 74.7 Å². The maximum Gasteiger partial charge on any atom is 0.255 e. The van der Waals surface area contributed by atoms with Gasteiger partial charge in [-0.05, 0) is 61.4 Å². The molecule has 0 radical (unpaired) electrons. The van der Waals surface area contributed by atoms with Gasteiger partial charge in [-0.25, -0.2) is 0 Å². The normalized spacial score (nSPS) is 19.8. The monoisotopic (exact) mass is 727 g/mol. The van der Waals surface area contributed by atoms with Crippen molar-refractivity contribution < 1.29 is 33.4 Å². The van der Waals surface area contributed by atoms with Crippen molar-refractivity contribution in [2.75, 3.05) is 26.3 Å². The Balaban J connectivity index is 1.51. The summed E-state index contributed by atoms with van der Waals surface area (Å²) in [6.07, 6.45) is 3.58. The zero-order valence-corrected chi connectivity index (χ0v) is 30.7. The number of fused-ring (bicyclic) bond motifs is 1. The number of nitrogens with one attached hydrogen (secondary N) is 5. The number of carbonyl (C=O) groups excluding carboxylic acids is 5. The molecule has 0 spiro atoms. The van der Waals surface area contributed by atoms with E-state index in [9.17, 15) is 24.0 Å². The van der Waals surface area contributed by atoms with Crippen molar-refractivity contribution in [2.24, 2.45) is 5.92 Å². The molecule has 12 nitrogen and oxygen atoms in total. The van der Waals surface area contributed by atoms with Crippen molar-refractivity contribution in [1.82, 2.24) is 26.6 Å². The molecule has 0 aliphatic carbocycles. The van der Waals surface area contributed by atoms with Crippen molar-refractivity contribution in [2.45, 2.75) is 83.3 Å². The van der Waals surface area contributed by atoms with Gasteiger partial charge in [0.2, 0.25) is 23.6 Å². The maximum atomic E-state index is 13.7. The number of benzene rings is 3. The van der Waals surface area contributed by atoms with E-state index >= 15 is 0 Å². The van der Waals surface area contributed by atoms with Crippen molar-refractivity contribution in [1.29, 1.82) is 0 Å². The van der Waals surface area contributed by atoms with Gasteiger partial charge in [-0.15, -0.1) is 0 Å². The third-order valence-corrected chi connectivity index (χ3v) is 8.73. The van der Waals surface area contributed by atoms with E-state index in [0.29, 0.717) is 31.1 Å². The molecular formula is C41H53N5O7. The second-order valence-corrected chi connectivity index (χ2v) is 13.6. The van der Waals surface area contributed by atoms with Gasteiger partial charge in [0, 0.05) is 19.4 Å². The number of hydrogen-bond donors (Lipinski definition) is 5. The first-order valence-corrected chi connectivity index (χ1v) is 18.6. The Morgan fingerprint density at radius 1 is 0.811 bits per heavy atom. The zero-order valence-electron chi connectivity index (χ0n) is 30.7. The van der Waals surface area contributed by atoms with Gasteiger partial charge in [0.15, 0.2) is 0 Å². The maximum absolute atomic E-state index is 13.7. The highest BCUT2D eigenvalue weighted by atomic mass is 16.5. The van der Waals surface area contributed by atoms with E-state index in [0.717, 1.165) is 31.2 Å². The molecule has 1 heterocycles. The summed E-state index contributed by atoms with van der Waals surface area (Å²) in [4.78, 5) is 67.6. The van der Waals surface area contributed by atoms with Crippen molar-refractivity contribution in [3.05, 3.63) is 96.1 Å². The average molecular weight is 728 g/mol. The van der Waals surface area contributed by atoms with Crippen LogP contribution in [0.4, 0.5) is 0 Å². The van der Waals surface area contributed by atoms with Crippen LogP contribution in [0.5, 0.6) is 11.5 Å². The molecule has 0 saturated carbocycles. The molecule has 3 aromatic rings. The van der Waals surface area contributed by atoms with Crippen LogP contribution in [0.2, 0.25) is 0 Å². The molecule has 5 N–H and O–H groups in total. The predicted octanol–water partition coefficient (Wildman–Crippen LogP) is 4.09. The lowest BCUT2D eigenvalue weighted by molar-refractivity contribution is -0.132. The van der Waals surface area contributed by atoms with Crippen molar-refractivity contribution >= 4 is 29.5 Å². The Bertz CT molecular complexity index is 1620. The Morgan fingerprint density at radius 3 is 2.26 bits per heavy atom. The van der Waals surface area contributed by atoms with Crippen molar-refractivity contribution in [3.8, 4) is 11.5 Å². The largest absolute Gasteiger partial charge is 0.493 e. The summed E-state index contributed by atoms with van der Waals surface area (Å²) in [5, 5.41) is 14.3. The van der Waals surface area contributed by atoms with Crippen LogP contribution in [-0.4, -0.2) is 74.0 Å². The van der Waals surface area contributed by atoms with Gasteiger partial charge < -0.3 is 36.1 Å². The molecule has 0 saturated heterocycles. The lowest BCUT2D eigenvalue weighted by Crippen LogP contribution is -2.55. The van der Waals surface area contributed by atoms with Crippen LogP contribution in [0.25, 0.3) is 0 Å². The minimum absolute atomic E-state index is 0.0406. The molecule has 12 heteroatoms. The number of hydrogen-bond acceptors (Lipinski definition) is 7. The van der Waals surface area contributed by atoms with E-state index in [-0.39, 0.29) is 49.8 Å². The van der Waals surface area contributed by atoms with Crippen LogP contribution in [0.15, 0.2) is 84.9 Å². The molecule has 53 heavy (non-hydrogen) atoms. The summed E-state index contributed by atoms with van der Waals surface area (Å²) in [5.74, 6) is -1.14. The smallest absolute Gasteiger partial charge is 0.255 e. The Kier molecular flexibility index (Phi) is 16.7. The molecule has 284 valence electrons. The van der Waals surface area contributed by atoms with Gasteiger partial charge in [-0.2, -0.15) is 0 Å². The quantitative estimate of drug-likeness (QED) is 0.207. The Morgan fingerprint density at radius 2 is 1.51 bits per heavy atom. The number of amides is 5. The zero-order chi connectivity index (χ0) is 37.8. The number of ether oxygens (including phenoxy) is 2. The fourth-order valence-corrected chi connectivity index (χ4v) is 5.94. The summed E-state index contributed by atoms with van der Waals surface area (Å²) in [6.45, 7) is 5.07. The first-order valence-electron chi connectivity index (χ1n) is 18.6. The van der Waals surface area contributed by atoms with Gasteiger partial charge in [-0.1, -0.05) is 87.4 Å². The van der Waals surface area contributed by atoms with E-state index in [1.54, 1.807) is 24.3 Å². The van der Waals surface area contributed by atoms with E-state index in [1.807, 2.05) is 74.5 Å². The summed E-state index contributed by atoms with van der Waals surface area (Å²) in [6, 6.07) is 22.6. The lowest BCUT2D eigenvalue weighted by atomic mass is 10.0. The first kappa shape index (κ1) is 40.4. The second-order valence-electron chi connectivity index (χ2n) is 13.6. The van der Waals surface area contributed by atoms with Crippen LogP contribution < -0.4 is 36.1 Å². The van der Waals surface area contributed by atoms with Gasteiger partial charge in [0.1, 0.15) is 36.2 Å². The van der Waals surface area contributed by atoms with Gasteiger partial charge in [0.25, 0.3) is 5.91 Å². The van der Waals surface area contributed by atoms with Crippen LogP contribution in [0, 0.1) is 5.92 Å². The summed E-state index contributed by atoms with van der Waals surface area (Å²) in [7, 11) is 0. The molecule has 0 aromatic heterocycles. The molecule has 3 atom stereocenters. The van der Waals surface area contributed by atoms with E-state index in [1.165, 1.54) is 0 Å². The molecule has 0 unspecified atom stereocenters. The van der Waals surface area contributed by atoms with Gasteiger partial charge in [-0.3, -0.25) is 24.0 Å². The summed E-state index contributed by atoms with van der Waals surface area (Å²) >= 11 is 0. The average Bonchev–Trinajstić information content (AvgIpc) is 3.15. The highest BCUT2D eigenvalue weighted by molar-refractivity contribution is 6.00. The molecule has 4 rings (SSSR count). The molecule has 1 aliphatic rings. The molecule has 0 bridgehead atoms. The first-order chi connectivity index (χ1) is 25.7. The van der Waals surface area contributed by atoms with Crippen molar-refractivity contribution in [3.63, 3.8) is 0 Å². The van der Waals surface area contributed by atoms with Gasteiger partial charge in [0.05, 0.1) is 18.7 Å². The van der Waals surface area contributed by atoms with E-state index in [2.05, 4.69) is 26.6 Å². The fourth-order valence-electron chi connectivity index (χ4n) is 5.94. The molecule has 5 amide bonds. The second kappa shape index (κ2) is 21.9. The highest BCUT2D eigenvalue weighted by Crippen LogP contribution is 2.19.